The molecule has 1 heterocycles. The van der Waals surface area contributed by atoms with E-state index in [1.54, 1.807) is 4.90 Å². The lowest BCUT2D eigenvalue weighted by molar-refractivity contribution is -0.124. The molecule has 1 aliphatic carbocycles. The van der Waals surface area contributed by atoms with E-state index in [1.165, 1.54) is 0 Å². The predicted molar refractivity (Wildman–Crippen MR) is 113 cm³/mol. The van der Waals surface area contributed by atoms with Crippen LogP contribution in [-0.4, -0.2) is 73.5 Å². The van der Waals surface area contributed by atoms with Crippen molar-refractivity contribution in [2.75, 3.05) is 50.7 Å². The van der Waals surface area contributed by atoms with Gasteiger partial charge in [-0.2, -0.15) is 5.26 Å². The van der Waals surface area contributed by atoms with Crippen molar-refractivity contribution < 1.29 is 9.59 Å². The highest BCUT2D eigenvalue weighted by Crippen LogP contribution is 2.20. The molecule has 2 amide bonds. The summed E-state index contributed by atoms with van der Waals surface area (Å²) in [7, 11) is 0. The maximum Gasteiger partial charge on any atom is 0.241 e. The first-order valence-corrected chi connectivity index (χ1v) is 10.4. The predicted octanol–water partition coefficient (Wildman–Crippen LogP) is 1.45. The van der Waals surface area contributed by atoms with Crippen molar-refractivity contribution in [3.63, 3.8) is 0 Å². The van der Waals surface area contributed by atoms with Gasteiger partial charge in [-0.3, -0.25) is 19.4 Å². The molecule has 1 saturated heterocycles. The lowest BCUT2D eigenvalue weighted by Crippen LogP contribution is -2.52. The quantitative estimate of drug-likeness (QED) is 0.718. The van der Waals surface area contributed by atoms with Crippen LogP contribution in [-0.2, 0) is 9.59 Å². The summed E-state index contributed by atoms with van der Waals surface area (Å²) < 4.78 is 0. The summed E-state index contributed by atoms with van der Waals surface area (Å²) in [4.78, 5) is 31.0. The maximum atomic E-state index is 13.0. The number of aryl methyl sites for hydroxylation is 2. The first-order chi connectivity index (χ1) is 13.9. The van der Waals surface area contributed by atoms with E-state index in [-0.39, 0.29) is 11.8 Å². The Hall–Kier alpha value is -2.43. The van der Waals surface area contributed by atoms with Gasteiger partial charge < -0.3 is 10.2 Å². The summed E-state index contributed by atoms with van der Waals surface area (Å²) in [5.74, 6) is 0.125. The number of hydrogen-bond donors (Lipinski definition) is 1. The molecule has 1 saturated carbocycles. The van der Waals surface area contributed by atoms with Gasteiger partial charge in [-0.05, 0) is 49.9 Å². The summed E-state index contributed by atoms with van der Waals surface area (Å²) in [6.07, 6.45) is 2.51. The Morgan fingerprint density at radius 3 is 2.21 bits per heavy atom. The average molecular weight is 398 g/mol. The minimum atomic E-state index is 0.0187. The van der Waals surface area contributed by atoms with E-state index in [2.05, 4.69) is 27.3 Å². The molecule has 0 spiro atoms. The molecule has 156 valence electrons. The third-order valence-corrected chi connectivity index (χ3v) is 5.40. The Kier molecular flexibility index (Phi) is 7.24. The Balaban J connectivity index is 1.53. The number of anilines is 1. The van der Waals surface area contributed by atoms with Crippen LogP contribution >= 0.6 is 0 Å². The molecule has 1 N–H and O–H groups in total. The van der Waals surface area contributed by atoms with Crippen LogP contribution in [0.4, 0.5) is 5.69 Å². The fourth-order valence-corrected chi connectivity index (χ4v) is 3.75. The second-order valence-corrected chi connectivity index (χ2v) is 8.19. The zero-order valence-corrected chi connectivity index (χ0v) is 17.5. The van der Waals surface area contributed by atoms with E-state index >= 15 is 0 Å². The first-order valence-electron chi connectivity index (χ1n) is 10.4. The summed E-state index contributed by atoms with van der Waals surface area (Å²) in [6, 6.07) is 8.62. The Bertz CT molecular complexity index is 756. The van der Waals surface area contributed by atoms with Crippen LogP contribution in [0.15, 0.2) is 18.2 Å². The summed E-state index contributed by atoms with van der Waals surface area (Å²) in [5, 5.41) is 12.0. The molecule has 2 aliphatic rings. The molecule has 7 nitrogen and oxygen atoms in total. The minimum Gasteiger partial charge on any atom is -0.352 e. The molecule has 29 heavy (non-hydrogen) atoms. The van der Waals surface area contributed by atoms with E-state index in [4.69, 9.17) is 5.26 Å². The van der Waals surface area contributed by atoms with Crippen LogP contribution in [0.1, 0.15) is 30.4 Å². The van der Waals surface area contributed by atoms with Crippen LogP contribution < -0.4 is 10.2 Å². The third-order valence-electron chi connectivity index (χ3n) is 5.40. The average Bonchev–Trinajstić information content (AvgIpc) is 3.47. The highest BCUT2D eigenvalue weighted by atomic mass is 16.2. The standard InChI is InChI=1S/C22H31N5O2/c1-17-12-18(2)14-20(13-17)27(7-3-6-23)22(29)16-26-10-8-25(9-11-26)15-21(28)24-19-4-5-19/h12-14,19H,3-5,7-11,15-16H2,1-2H3,(H,24,28). The molecule has 1 aromatic carbocycles. The van der Waals surface area contributed by atoms with E-state index in [0.29, 0.717) is 32.1 Å². The molecule has 1 aromatic rings. The number of carbonyl (C=O) groups excluding carboxylic acids is 2. The van der Waals surface area contributed by atoms with Crippen molar-refractivity contribution in [1.29, 1.82) is 5.26 Å². The number of nitriles is 1. The van der Waals surface area contributed by atoms with Gasteiger partial charge in [0.25, 0.3) is 0 Å². The largest absolute Gasteiger partial charge is 0.352 e. The topological polar surface area (TPSA) is 79.7 Å². The van der Waals surface area contributed by atoms with Gasteiger partial charge in [-0.15, -0.1) is 0 Å². The van der Waals surface area contributed by atoms with Gasteiger partial charge in [0.1, 0.15) is 0 Å². The van der Waals surface area contributed by atoms with Gasteiger partial charge in [0, 0.05) is 44.5 Å². The third kappa shape index (κ3) is 6.55. The van der Waals surface area contributed by atoms with Gasteiger partial charge in [0.05, 0.1) is 25.6 Å². The molecular weight excluding hydrogens is 366 g/mol. The van der Waals surface area contributed by atoms with Gasteiger partial charge in [0.15, 0.2) is 0 Å². The van der Waals surface area contributed by atoms with Crippen LogP contribution in [0.2, 0.25) is 0 Å². The van der Waals surface area contributed by atoms with Crippen LogP contribution in [0.3, 0.4) is 0 Å². The van der Waals surface area contributed by atoms with Crippen molar-refractivity contribution in [3.05, 3.63) is 29.3 Å². The molecule has 3 rings (SSSR count). The smallest absolute Gasteiger partial charge is 0.241 e. The summed E-state index contributed by atoms with van der Waals surface area (Å²) in [6.45, 7) is 8.31. The number of benzene rings is 1. The first kappa shape index (κ1) is 21.3. The van der Waals surface area contributed by atoms with E-state index in [9.17, 15) is 9.59 Å². The van der Waals surface area contributed by atoms with Crippen molar-refractivity contribution in [2.45, 2.75) is 39.2 Å². The molecule has 0 bridgehead atoms. The fraction of sp³-hybridized carbons (Fsp3) is 0.591. The number of nitrogens with zero attached hydrogens (tertiary/aromatic N) is 4. The zero-order chi connectivity index (χ0) is 20.8. The normalized spacial score (nSPS) is 17.6. The summed E-state index contributed by atoms with van der Waals surface area (Å²) in [5.41, 5.74) is 3.07. The molecule has 0 aromatic heterocycles. The Morgan fingerprint density at radius 1 is 1.07 bits per heavy atom. The number of hydrogen-bond acceptors (Lipinski definition) is 5. The van der Waals surface area contributed by atoms with Gasteiger partial charge in [0.2, 0.25) is 11.8 Å². The zero-order valence-electron chi connectivity index (χ0n) is 17.5. The molecule has 7 heteroatoms. The highest BCUT2D eigenvalue weighted by Gasteiger charge is 2.26. The molecular formula is C22H31N5O2. The lowest BCUT2D eigenvalue weighted by atomic mass is 10.1. The SMILES string of the molecule is Cc1cc(C)cc(N(CCC#N)C(=O)CN2CCN(CC(=O)NC3CC3)CC2)c1. The fourth-order valence-electron chi connectivity index (χ4n) is 3.75. The maximum absolute atomic E-state index is 13.0. The van der Waals surface area contributed by atoms with Crippen LogP contribution in [0.25, 0.3) is 0 Å². The molecule has 2 fully saturated rings. The Morgan fingerprint density at radius 2 is 1.66 bits per heavy atom. The highest BCUT2D eigenvalue weighted by molar-refractivity contribution is 5.95. The number of rotatable bonds is 8. The minimum absolute atomic E-state index is 0.0187. The molecule has 0 unspecified atom stereocenters. The molecule has 0 atom stereocenters. The molecule has 0 radical (unpaired) electrons. The van der Waals surface area contributed by atoms with E-state index in [0.717, 1.165) is 55.8 Å². The number of nitrogens with one attached hydrogen (secondary N) is 1. The van der Waals surface area contributed by atoms with E-state index < -0.39 is 0 Å². The second kappa shape index (κ2) is 9.86. The van der Waals surface area contributed by atoms with Crippen molar-refractivity contribution in [1.82, 2.24) is 15.1 Å². The van der Waals surface area contributed by atoms with Gasteiger partial charge in [-0.1, -0.05) is 6.07 Å². The molecule has 1 aliphatic heterocycles. The number of piperazine rings is 1. The van der Waals surface area contributed by atoms with Crippen molar-refractivity contribution in [3.8, 4) is 6.07 Å². The Labute approximate surface area is 173 Å². The van der Waals surface area contributed by atoms with Crippen LogP contribution in [0.5, 0.6) is 0 Å². The number of amides is 2. The van der Waals surface area contributed by atoms with Crippen molar-refractivity contribution >= 4 is 17.5 Å². The van der Waals surface area contributed by atoms with Gasteiger partial charge in [-0.25, -0.2) is 0 Å². The van der Waals surface area contributed by atoms with Gasteiger partial charge >= 0.3 is 0 Å². The summed E-state index contributed by atoms with van der Waals surface area (Å²) >= 11 is 0. The van der Waals surface area contributed by atoms with Crippen LogP contribution in [0, 0.1) is 25.2 Å². The number of carbonyl (C=O) groups is 2. The lowest BCUT2D eigenvalue weighted by Gasteiger charge is -2.35. The van der Waals surface area contributed by atoms with Crippen molar-refractivity contribution in [2.24, 2.45) is 0 Å². The van der Waals surface area contributed by atoms with E-state index in [1.807, 2.05) is 26.0 Å². The second-order valence-electron chi connectivity index (χ2n) is 8.19. The monoisotopic (exact) mass is 397 g/mol.